The zero-order valence-corrected chi connectivity index (χ0v) is 16.9. The average Bonchev–Trinajstić information content (AvgIpc) is 2.61. The molecule has 140 valence electrons. The van der Waals surface area contributed by atoms with Crippen molar-refractivity contribution in [3.63, 3.8) is 0 Å². The number of hydrogen-bond acceptors (Lipinski definition) is 5. The van der Waals surface area contributed by atoms with Crippen LogP contribution in [0.3, 0.4) is 0 Å². The lowest BCUT2D eigenvalue weighted by Crippen LogP contribution is -2.30. The normalized spacial score (nSPS) is 12.8. The minimum atomic E-state index is -3.50. The Kier molecular flexibility index (Phi) is 6.80. The number of thioether (sulfide) groups is 1. The Morgan fingerprint density at radius 2 is 1.85 bits per heavy atom. The van der Waals surface area contributed by atoms with Gasteiger partial charge in [0, 0.05) is 26.8 Å². The molecule has 1 atom stereocenters. The summed E-state index contributed by atoms with van der Waals surface area (Å²) < 4.78 is 25.2. The van der Waals surface area contributed by atoms with E-state index in [0.717, 1.165) is 9.87 Å². The van der Waals surface area contributed by atoms with Crippen LogP contribution in [0.25, 0.3) is 0 Å². The van der Waals surface area contributed by atoms with E-state index in [1.165, 1.54) is 43.7 Å². The van der Waals surface area contributed by atoms with Crippen molar-refractivity contribution >= 4 is 27.7 Å². The Hall–Kier alpha value is -1.90. The molecule has 2 rings (SSSR count). The number of nitrogens with one attached hydrogen (secondary N) is 1. The highest BCUT2D eigenvalue weighted by atomic mass is 32.2. The first-order valence-corrected chi connectivity index (χ1v) is 10.4. The van der Waals surface area contributed by atoms with Gasteiger partial charge in [0.15, 0.2) is 0 Å². The number of carbonyl (C=O) groups is 1. The average molecular weight is 394 g/mol. The van der Waals surface area contributed by atoms with E-state index in [-0.39, 0.29) is 16.1 Å². The van der Waals surface area contributed by atoms with Gasteiger partial charge in [-0.05, 0) is 31.5 Å². The monoisotopic (exact) mass is 393 g/mol. The highest BCUT2D eigenvalue weighted by molar-refractivity contribution is 8.00. The largest absolute Gasteiger partial charge is 0.351 e. The van der Waals surface area contributed by atoms with Crippen molar-refractivity contribution in [2.75, 3.05) is 14.1 Å². The van der Waals surface area contributed by atoms with Gasteiger partial charge < -0.3 is 5.32 Å². The van der Waals surface area contributed by atoms with Crippen LogP contribution in [-0.2, 0) is 21.4 Å². The molecule has 1 amide bonds. The van der Waals surface area contributed by atoms with Crippen LogP contribution >= 0.6 is 11.8 Å². The Labute approximate surface area is 159 Å². The molecule has 0 unspecified atom stereocenters. The third-order valence-electron chi connectivity index (χ3n) is 3.74. The van der Waals surface area contributed by atoms with Crippen molar-refractivity contribution in [3.8, 4) is 0 Å². The van der Waals surface area contributed by atoms with Crippen LogP contribution < -0.4 is 5.32 Å². The van der Waals surface area contributed by atoms with Gasteiger partial charge in [-0.15, -0.1) is 0 Å². The quantitative estimate of drug-likeness (QED) is 0.731. The van der Waals surface area contributed by atoms with E-state index in [1.54, 1.807) is 13.0 Å². The van der Waals surface area contributed by atoms with E-state index < -0.39 is 10.0 Å². The molecule has 6 nitrogen and oxygen atoms in total. The molecule has 1 aromatic carbocycles. The molecule has 0 aliphatic carbocycles. The van der Waals surface area contributed by atoms with E-state index in [9.17, 15) is 13.2 Å². The molecule has 8 heteroatoms. The van der Waals surface area contributed by atoms with E-state index in [4.69, 9.17) is 0 Å². The van der Waals surface area contributed by atoms with E-state index >= 15 is 0 Å². The standard InChI is InChI=1S/C18H23N3O3S2/c1-13-5-7-15(8-6-13)11-20-18(22)14(2)25-17-10-9-16(12-19-17)26(23,24)21(3)4/h5-10,12,14H,11H2,1-4H3,(H,20,22)/t14-/m1/s1. The van der Waals surface area contributed by atoms with Gasteiger partial charge >= 0.3 is 0 Å². The molecule has 0 bridgehead atoms. The molecule has 0 saturated heterocycles. The topological polar surface area (TPSA) is 79.4 Å². The van der Waals surface area contributed by atoms with Crippen LogP contribution in [-0.4, -0.2) is 43.0 Å². The summed E-state index contributed by atoms with van der Waals surface area (Å²) in [6.07, 6.45) is 1.31. The number of amides is 1. The number of carbonyl (C=O) groups excluding carboxylic acids is 1. The Balaban J connectivity index is 1.93. The van der Waals surface area contributed by atoms with Crippen LogP contribution in [0.15, 0.2) is 52.5 Å². The SMILES string of the molecule is Cc1ccc(CNC(=O)[C@@H](C)Sc2ccc(S(=O)(=O)N(C)C)cn2)cc1. The minimum Gasteiger partial charge on any atom is -0.351 e. The van der Waals surface area contributed by atoms with Gasteiger partial charge in [0.25, 0.3) is 0 Å². The number of benzene rings is 1. The smallest absolute Gasteiger partial charge is 0.244 e. The first-order valence-electron chi connectivity index (χ1n) is 8.08. The molecule has 26 heavy (non-hydrogen) atoms. The maximum absolute atomic E-state index is 12.2. The maximum atomic E-state index is 12.2. The fourth-order valence-electron chi connectivity index (χ4n) is 2.07. The number of rotatable bonds is 7. The maximum Gasteiger partial charge on any atom is 0.244 e. The van der Waals surface area contributed by atoms with Gasteiger partial charge in [-0.1, -0.05) is 41.6 Å². The van der Waals surface area contributed by atoms with Crippen molar-refractivity contribution < 1.29 is 13.2 Å². The summed E-state index contributed by atoms with van der Waals surface area (Å²) in [5.41, 5.74) is 2.22. The van der Waals surface area contributed by atoms with Crippen molar-refractivity contribution in [1.29, 1.82) is 0 Å². The zero-order chi connectivity index (χ0) is 19.3. The first kappa shape index (κ1) is 20.4. The Morgan fingerprint density at radius 1 is 1.19 bits per heavy atom. The molecular weight excluding hydrogens is 370 g/mol. The number of pyridine rings is 1. The number of sulfonamides is 1. The summed E-state index contributed by atoms with van der Waals surface area (Å²) in [6.45, 7) is 4.28. The molecule has 0 radical (unpaired) electrons. The lowest BCUT2D eigenvalue weighted by Gasteiger charge is -2.13. The molecular formula is C18H23N3O3S2. The fourth-order valence-corrected chi connectivity index (χ4v) is 3.73. The number of nitrogens with zero attached hydrogens (tertiary/aromatic N) is 2. The predicted molar refractivity (Wildman–Crippen MR) is 103 cm³/mol. The van der Waals surface area contributed by atoms with Gasteiger partial charge in [-0.3, -0.25) is 4.79 Å². The molecule has 1 aromatic heterocycles. The summed E-state index contributed by atoms with van der Waals surface area (Å²) >= 11 is 1.29. The van der Waals surface area contributed by atoms with Crippen molar-refractivity contribution in [1.82, 2.24) is 14.6 Å². The highest BCUT2D eigenvalue weighted by Gasteiger charge is 2.19. The summed E-state index contributed by atoms with van der Waals surface area (Å²) in [5, 5.41) is 3.15. The Bertz CT molecular complexity index is 848. The van der Waals surface area contributed by atoms with Crippen LogP contribution in [0.4, 0.5) is 0 Å². The van der Waals surface area contributed by atoms with E-state index in [0.29, 0.717) is 11.6 Å². The summed E-state index contributed by atoms with van der Waals surface area (Å²) in [7, 11) is -0.557. The highest BCUT2D eigenvalue weighted by Crippen LogP contribution is 2.23. The van der Waals surface area contributed by atoms with Gasteiger partial charge in [0.1, 0.15) is 4.90 Å². The number of aryl methyl sites for hydroxylation is 1. The van der Waals surface area contributed by atoms with Crippen molar-refractivity contribution in [2.45, 2.75) is 35.6 Å². The lowest BCUT2D eigenvalue weighted by molar-refractivity contribution is -0.120. The molecule has 0 spiro atoms. The van der Waals surface area contributed by atoms with Crippen molar-refractivity contribution in [2.24, 2.45) is 0 Å². The Morgan fingerprint density at radius 3 is 2.38 bits per heavy atom. The zero-order valence-electron chi connectivity index (χ0n) is 15.3. The minimum absolute atomic E-state index is 0.0950. The van der Waals surface area contributed by atoms with E-state index in [1.807, 2.05) is 31.2 Å². The fraction of sp³-hybridized carbons (Fsp3) is 0.333. The molecule has 0 aliphatic rings. The summed E-state index contributed by atoms with van der Waals surface area (Å²) in [6, 6.07) is 11.1. The second kappa shape index (κ2) is 8.66. The van der Waals surface area contributed by atoms with Gasteiger partial charge in [-0.25, -0.2) is 17.7 Å². The predicted octanol–water partition coefficient (Wildman–Crippen LogP) is 2.44. The first-order chi connectivity index (χ1) is 12.2. The van der Waals surface area contributed by atoms with Gasteiger partial charge in [0.2, 0.25) is 15.9 Å². The third kappa shape index (κ3) is 5.30. The summed E-state index contributed by atoms with van der Waals surface area (Å²) in [5.74, 6) is -0.0950. The molecule has 1 heterocycles. The second-order valence-electron chi connectivity index (χ2n) is 6.08. The van der Waals surface area contributed by atoms with Crippen molar-refractivity contribution in [3.05, 3.63) is 53.7 Å². The third-order valence-corrected chi connectivity index (χ3v) is 6.59. The van der Waals surface area contributed by atoms with Crippen LogP contribution in [0, 0.1) is 6.92 Å². The van der Waals surface area contributed by atoms with Crippen LogP contribution in [0.2, 0.25) is 0 Å². The molecule has 2 aromatic rings. The van der Waals surface area contributed by atoms with Crippen LogP contribution in [0.1, 0.15) is 18.1 Å². The van der Waals surface area contributed by atoms with Crippen LogP contribution in [0.5, 0.6) is 0 Å². The second-order valence-corrected chi connectivity index (χ2v) is 9.60. The molecule has 0 aliphatic heterocycles. The number of aromatic nitrogens is 1. The summed E-state index contributed by atoms with van der Waals surface area (Å²) in [4.78, 5) is 16.5. The van der Waals surface area contributed by atoms with Gasteiger partial charge in [0.05, 0.1) is 10.3 Å². The lowest BCUT2D eigenvalue weighted by atomic mass is 10.1. The molecule has 0 fully saturated rings. The van der Waals surface area contributed by atoms with Gasteiger partial charge in [-0.2, -0.15) is 0 Å². The number of hydrogen-bond donors (Lipinski definition) is 1. The van der Waals surface area contributed by atoms with E-state index in [2.05, 4.69) is 10.3 Å². The molecule has 1 N–H and O–H groups in total. The molecule has 0 saturated carbocycles.